The van der Waals surface area contributed by atoms with Crippen LogP contribution in [-0.2, 0) is 32.1 Å². The van der Waals surface area contributed by atoms with Gasteiger partial charge in [0, 0.05) is 18.0 Å². The highest BCUT2D eigenvalue weighted by molar-refractivity contribution is 6.24. The molecule has 12 heteroatoms. The van der Waals surface area contributed by atoms with Gasteiger partial charge >= 0.3 is 6.09 Å². The number of phenols is 1. The first-order valence-corrected chi connectivity index (χ1v) is 12.6. The lowest BCUT2D eigenvalue weighted by Gasteiger charge is -2.50. The number of aliphatic hydroxyl groups excluding tert-OH is 2. The predicted octanol–water partition coefficient (Wildman–Crippen LogP) is 0.846. The summed E-state index contributed by atoms with van der Waals surface area (Å²) < 4.78 is 5.14. The van der Waals surface area contributed by atoms with E-state index in [9.17, 15) is 39.6 Å². The largest absolute Gasteiger partial charge is 0.508 e. The number of aliphatic hydroxyl groups is 3. The van der Waals surface area contributed by atoms with Crippen molar-refractivity contribution in [1.82, 2.24) is 10.2 Å². The number of hydrogen-bond acceptors (Lipinski definition) is 10. The van der Waals surface area contributed by atoms with E-state index in [1.165, 1.54) is 25.1 Å². The van der Waals surface area contributed by atoms with Gasteiger partial charge in [-0.2, -0.15) is 0 Å². The van der Waals surface area contributed by atoms with Crippen LogP contribution in [0.3, 0.4) is 0 Å². The number of hydrogen-bond donors (Lipinski definition) is 6. The number of nitrogens with zero attached hydrogens (tertiary/aromatic N) is 1. The number of benzene rings is 1. The molecule has 4 atom stereocenters. The van der Waals surface area contributed by atoms with Crippen LogP contribution >= 0.6 is 0 Å². The molecule has 7 N–H and O–H groups in total. The van der Waals surface area contributed by atoms with E-state index < -0.39 is 64.1 Å². The SMILES string of the molecule is CC(C)COC(=O)NCc1ccc(O)c2c1C[C@H]1C[C@H]3[C@@H](N(C)C)C(=O)C(C(N)=O)=C(O)[C@@]3(O)C(=O)C1=C2O. The van der Waals surface area contributed by atoms with Crippen LogP contribution in [0.5, 0.6) is 5.75 Å². The number of carbonyl (C=O) groups is 4. The first-order valence-electron chi connectivity index (χ1n) is 12.6. The number of fused-ring (bicyclic) bond motifs is 3. The Bertz CT molecular complexity index is 1330. The van der Waals surface area contributed by atoms with Gasteiger partial charge in [0.05, 0.1) is 18.2 Å². The van der Waals surface area contributed by atoms with Gasteiger partial charge < -0.3 is 36.2 Å². The van der Waals surface area contributed by atoms with Crippen molar-refractivity contribution in [2.45, 2.75) is 44.9 Å². The first-order chi connectivity index (χ1) is 18.2. The number of Topliss-reactive ketones (excluding diaryl/α,β-unsaturated/α-hetero) is 2. The van der Waals surface area contributed by atoms with Crippen molar-refractivity contribution < 1.29 is 44.3 Å². The number of aromatic hydroxyl groups is 1. The van der Waals surface area contributed by atoms with Gasteiger partial charge in [-0.1, -0.05) is 19.9 Å². The molecule has 1 aromatic carbocycles. The average molecular weight is 544 g/mol. The van der Waals surface area contributed by atoms with E-state index in [0.717, 1.165) is 0 Å². The minimum atomic E-state index is -2.69. The fourth-order valence-corrected chi connectivity index (χ4v) is 5.93. The Morgan fingerprint density at radius 3 is 2.46 bits per heavy atom. The highest BCUT2D eigenvalue weighted by atomic mass is 16.5. The summed E-state index contributed by atoms with van der Waals surface area (Å²) in [6.45, 7) is 4.04. The Morgan fingerprint density at radius 2 is 1.87 bits per heavy atom. The van der Waals surface area contributed by atoms with Crippen LogP contribution in [0.15, 0.2) is 29.0 Å². The molecule has 1 aromatic rings. The van der Waals surface area contributed by atoms with Crippen molar-refractivity contribution in [3.05, 3.63) is 45.7 Å². The third-order valence-corrected chi connectivity index (χ3v) is 7.67. The molecule has 0 bridgehead atoms. The van der Waals surface area contributed by atoms with E-state index in [1.54, 1.807) is 6.07 Å². The van der Waals surface area contributed by atoms with Crippen molar-refractivity contribution in [2.24, 2.45) is 23.5 Å². The summed E-state index contributed by atoms with van der Waals surface area (Å²) in [5, 5.41) is 47.0. The third kappa shape index (κ3) is 4.43. The van der Waals surface area contributed by atoms with Gasteiger partial charge in [0.25, 0.3) is 5.91 Å². The van der Waals surface area contributed by atoms with Gasteiger partial charge in [-0.3, -0.25) is 19.3 Å². The number of amides is 2. The van der Waals surface area contributed by atoms with Crippen molar-refractivity contribution in [1.29, 1.82) is 0 Å². The third-order valence-electron chi connectivity index (χ3n) is 7.67. The molecule has 0 spiro atoms. The number of primary amides is 1. The van der Waals surface area contributed by atoms with Crippen molar-refractivity contribution in [3.8, 4) is 5.75 Å². The fourth-order valence-electron chi connectivity index (χ4n) is 5.93. The summed E-state index contributed by atoms with van der Waals surface area (Å²) >= 11 is 0. The number of nitrogens with one attached hydrogen (secondary N) is 1. The molecule has 39 heavy (non-hydrogen) atoms. The van der Waals surface area contributed by atoms with E-state index in [2.05, 4.69) is 5.32 Å². The van der Waals surface area contributed by atoms with Gasteiger partial charge in [-0.25, -0.2) is 4.79 Å². The molecule has 3 aliphatic carbocycles. The highest BCUT2D eigenvalue weighted by Crippen LogP contribution is 2.52. The Hall–Kier alpha value is -3.90. The minimum absolute atomic E-state index is 0.0144. The number of nitrogens with two attached hydrogens (primary N) is 1. The molecule has 0 aliphatic heterocycles. The van der Waals surface area contributed by atoms with Crippen LogP contribution in [0.1, 0.15) is 37.0 Å². The minimum Gasteiger partial charge on any atom is -0.508 e. The molecule has 0 saturated heterocycles. The number of alkyl carbamates (subject to hydrolysis) is 1. The maximum absolute atomic E-state index is 13.8. The molecule has 0 aromatic heterocycles. The van der Waals surface area contributed by atoms with Crippen LogP contribution < -0.4 is 11.1 Å². The summed E-state index contributed by atoms with van der Waals surface area (Å²) in [7, 11) is 3.07. The number of rotatable bonds is 6. The van der Waals surface area contributed by atoms with Gasteiger partial charge in [0.15, 0.2) is 11.4 Å². The first kappa shape index (κ1) is 28.1. The van der Waals surface area contributed by atoms with Crippen LogP contribution in [0.4, 0.5) is 4.79 Å². The zero-order chi connectivity index (χ0) is 29.0. The topological polar surface area (TPSA) is 200 Å². The molecular weight excluding hydrogens is 510 g/mol. The monoisotopic (exact) mass is 543 g/mol. The molecule has 12 nitrogen and oxygen atoms in total. The molecule has 0 heterocycles. The molecule has 2 amide bonds. The quantitative estimate of drug-likeness (QED) is 0.279. The summed E-state index contributed by atoms with van der Waals surface area (Å²) in [6, 6.07) is 1.72. The highest BCUT2D eigenvalue weighted by Gasteiger charge is 2.64. The Morgan fingerprint density at radius 1 is 1.21 bits per heavy atom. The zero-order valence-corrected chi connectivity index (χ0v) is 22.1. The molecule has 3 aliphatic rings. The Labute approximate surface area is 224 Å². The Kier molecular flexibility index (Phi) is 7.21. The standard InChI is InChI=1S/C27H33N3O9/c1-11(2)10-39-26(37)29-9-12-5-6-16(31)18-14(12)7-13-8-15-20(30(3)4)22(33)19(25(28)36)24(35)27(15,38)23(34)17(13)21(18)32/h5-6,11,13,15,20,31-32,35,38H,7-10H2,1-4H3,(H2,28,36)(H,29,37)/t13-,15-,20+,27-/m0/s1. The zero-order valence-electron chi connectivity index (χ0n) is 22.1. The number of phenolic OH excluding ortho intramolecular Hbond substituents is 1. The molecule has 0 unspecified atom stereocenters. The van der Waals surface area contributed by atoms with E-state index in [0.29, 0.717) is 11.1 Å². The van der Waals surface area contributed by atoms with Crippen LogP contribution in [-0.4, -0.2) is 81.2 Å². The maximum Gasteiger partial charge on any atom is 0.407 e. The number of likely N-dealkylation sites (N-methyl/N-ethyl adjacent to an activating group) is 1. The summed E-state index contributed by atoms with van der Waals surface area (Å²) in [6.07, 6.45) is -0.534. The molecular formula is C27H33N3O9. The summed E-state index contributed by atoms with van der Waals surface area (Å²) in [5.41, 5.74) is 2.53. The van der Waals surface area contributed by atoms with Crippen LogP contribution in [0.2, 0.25) is 0 Å². The second-order valence-corrected chi connectivity index (χ2v) is 10.9. The predicted molar refractivity (Wildman–Crippen MR) is 137 cm³/mol. The number of carbonyl (C=O) groups excluding carboxylic acids is 4. The molecule has 210 valence electrons. The van der Waals surface area contributed by atoms with Gasteiger partial charge in [-0.05, 0) is 56.0 Å². The normalized spacial score (nSPS) is 26.4. The fraction of sp³-hybridized carbons (Fsp3) is 0.481. The van der Waals surface area contributed by atoms with E-state index in [4.69, 9.17) is 10.5 Å². The lowest BCUT2D eigenvalue weighted by molar-refractivity contribution is -0.153. The van der Waals surface area contributed by atoms with Crippen molar-refractivity contribution >= 4 is 29.3 Å². The lowest BCUT2D eigenvalue weighted by Crippen LogP contribution is -2.65. The van der Waals surface area contributed by atoms with Crippen LogP contribution in [0.25, 0.3) is 5.76 Å². The van der Waals surface area contributed by atoms with E-state index in [-0.39, 0.29) is 48.8 Å². The van der Waals surface area contributed by atoms with E-state index in [1.807, 2.05) is 13.8 Å². The van der Waals surface area contributed by atoms with Gasteiger partial charge in [0.1, 0.15) is 22.8 Å². The molecule has 1 saturated carbocycles. The van der Waals surface area contributed by atoms with Crippen LogP contribution in [0, 0.1) is 17.8 Å². The lowest BCUT2D eigenvalue weighted by atomic mass is 9.57. The smallest absolute Gasteiger partial charge is 0.407 e. The second kappa shape index (κ2) is 10.0. The van der Waals surface area contributed by atoms with Crippen molar-refractivity contribution in [3.63, 3.8) is 0 Å². The average Bonchev–Trinajstić information content (AvgIpc) is 2.84. The molecule has 0 radical (unpaired) electrons. The Balaban J connectivity index is 1.79. The molecule has 1 fully saturated rings. The van der Waals surface area contributed by atoms with E-state index >= 15 is 0 Å². The molecule has 4 rings (SSSR count). The van der Waals surface area contributed by atoms with Gasteiger partial charge in [-0.15, -0.1) is 0 Å². The summed E-state index contributed by atoms with van der Waals surface area (Å²) in [4.78, 5) is 52.6. The summed E-state index contributed by atoms with van der Waals surface area (Å²) in [5.74, 6) is -6.97. The van der Waals surface area contributed by atoms with Gasteiger partial charge in [0.2, 0.25) is 5.78 Å². The van der Waals surface area contributed by atoms with Crippen molar-refractivity contribution in [2.75, 3.05) is 20.7 Å². The number of ether oxygens (including phenoxy) is 1. The maximum atomic E-state index is 13.8. The number of ketones is 2. The second-order valence-electron chi connectivity index (χ2n) is 10.9.